The Morgan fingerprint density at radius 3 is 2.56 bits per heavy atom. The van der Waals surface area contributed by atoms with Crippen molar-refractivity contribution in [3.05, 3.63) is 0 Å². The second-order valence-corrected chi connectivity index (χ2v) is 6.21. The number of fused-ring (bicyclic) bond motifs is 1. The summed E-state index contributed by atoms with van der Waals surface area (Å²) < 4.78 is 5.30. The molecule has 4 nitrogen and oxygen atoms in total. The molecule has 2 fully saturated rings. The van der Waals surface area contributed by atoms with Gasteiger partial charge >= 0.3 is 6.09 Å². The van der Waals surface area contributed by atoms with E-state index in [9.17, 15) is 9.59 Å². The zero-order valence-electron chi connectivity index (χ0n) is 10.4. The van der Waals surface area contributed by atoms with Crippen molar-refractivity contribution in [1.82, 2.24) is 4.90 Å². The van der Waals surface area contributed by atoms with E-state index in [1.54, 1.807) is 4.90 Å². The van der Waals surface area contributed by atoms with Crippen LogP contribution in [0.2, 0.25) is 0 Å². The standard InChI is InChI=1S/C12H19NO3/c1-11(2,3)16-10(15)13-6-8-9(14)5-12(8,4)7-13/h8H,5-7H2,1-4H3. The molecular formula is C12H19NO3. The Bertz CT molecular complexity index is 345. The van der Waals surface area contributed by atoms with E-state index >= 15 is 0 Å². The molecule has 2 rings (SSSR count). The van der Waals surface area contributed by atoms with Crippen LogP contribution in [0.4, 0.5) is 4.79 Å². The Morgan fingerprint density at radius 2 is 2.12 bits per heavy atom. The van der Waals surface area contributed by atoms with E-state index in [-0.39, 0.29) is 23.2 Å². The van der Waals surface area contributed by atoms with Gasteiger partial charge in [-0.05, 0) is 20.8 Å². The Kier molecular flexibility index (Phi) is 2.30. The van der Waals surface area contributed by atoms with Crippen molar-refractivity contribution in [2.24, 2.45) is 11.3 Å². The summed E-state index contributed by atoms with van der Waals surface area (Å²) in [7, 11) is 0. The Balaban J connectivity index is 1.99. The first kappa shape index (κ1) is 11.4. The van der Waals surface area contributed by atoms with Gasteiger partial charge in [0.25, 0.3) is 0 Å². The summed E-state index contributed by atoms with van der Waals surface area (Å²) in [5.41, 5.74) is -0.461. The normalized spacial score (nSPS) is 33.4. The molecule has 0 aromatic heterocycles. The number of ketones is 1. The Labute approximate surface area is 95.9 Å². The fraction of sp³-hybridized carbons (Fsp3) is 0.833. The summed E-state index contributed by atoms with van der Waals surface area (Å²) in [6, 6.07) is 0. The van der Waals surface area contributed by atoms with Gasteiger partial charge in [0.15, 0.2) is 0 Å². The number of hydrogen-bond acceptors (Lipinski definition) is 3. The summed E-state index contributed by atoms with van der Waals surface area (Å²) in [5, 5.41) is 0. The van der Waals surface area contributed by atoms with Gasteiger partial charge in [-0.3, -0.25) is 4.79 Å². The first-order valence-electron chi connectivity index (χ1n) is 5.72. The van der Waals surface area contributed by atoms with E-state index in [1.807, 2.05) is 20.8 Å². The second-order valence-electron chi connectivity index (χ2n) is 6.21. The van der Waals surface area contributed by atoms with Crippen LogP contribution >= 0.6 is 0 Å². The molecule has 1 saturated heterocycles. The van der Waals surface area contributed by atoms with Crippen LogP contribution in [0.5, 0.6) is 0 Å². The van der Waals surface area contributed by atoms with Crippen molar-refractivity contribution < 1.29 is 14.3 Å². The van der Waals surface area contributed by atoms with Crippen LogP contribution in [0, 0.1) is 11.3 Å². The molecule has 4 heteroatoms. The van der Waals surface area contributed by atoms with Crippen LogP contribution in [0.3, 0.4) is 0 Å². The third-order valence-corrected chi connectivity index (χ3v) is 3.41. The molecule has 0 aromatic carbocycles. The van der Waals surface area contributed by atoms with E-state index in [0.717, 1.165) is 0 Å². The van der Waals surface area contributed by atoms with Crippen LogP contribution in [0.1, 0.15) is 34.1 Å². The zero-order valence-corrected chi connectivity index (χ0v) is 10.4. The predicted molar refractivity (Wildman–Crippen MR) is 59.0 cm³/mol. The molecule has 1 saturated carbocycles. The molecule has 0 aromatic rings. The van der Waals surface area contributed by atoms with Crippen molar-refractivity contribution >= 4 is 11.9 Å². The zero-order chi connectivity index (χ0) is 12.1. The maximum atomic E-state index is 11.8. The lowest BCUT2D eigenvalue weighted by Gasteiger charge is -2.38. The van der Waals surface area contributed by atoms with Gasteiger partial charge in [0, 0.05) is 30.8 Å². The SMILES string of the molecule is CC(C)(C)OC(=O)N1CC2C(=O)CC2(C)C1. The van der Waals surface area contributed by atoms with Crippen LogP contribution in [0.15, 0.2) is 0 Å². The number of likely N-dealkylation sites (tertiary alicyclic amines) is 1. The quantitative estimate of drug-likeness (QED) is 0.632. The fourth-order valence-corrected chi connectivity index (χ4v) is 2.58. The van der Waals surface area contributed by atoms with Gasteiger partial charge in [0.05, 0.1) is 0 Å². The largest absolute Gasteiger partial charge is 0.444 e. The summed E-state index contributed by atoms with van der Waals surface area (Å²) >= 11 is 0. The van der Waals surface area contributed by atoms with Crippen molar-refractivity contribution in [2.75, 3.05) is 13.1 Å². The molecule has 1 heterocycles. The number of amides is 1. The van der Waals surface area contributed by atoms with E-state index in [0.29, 0.717) is 19.5 Å². The van der Waals surface area contributed by atoms with Crippen LogP contribution in [-0.2, 0) is 9.53 Å². The molecule has 0 spiro atoms. The Hall–Kier alpha value is -1.06. The molecular weight excluding hydrogens is 206 g/mol. The van der Waals surface area contributed by atoms with Crippen LogP contribution < -0.4 is 0 Å². The maximum absolute atomic E-state index is 11.8. The van der Waals surface area contributed by atoms with Crippen molar-refractivity contribution in [2.45, 2.75) is 39.7 Å². The average Bonchev–Trinajstić information content (AvgIpc) is 2.34. The lowest BCUT2D eigenvalue weighted by atomic mass is 9.63. The lowest BCUT2D eigenvalue weighted by molar-refractivity contribution is -0.137. The molecule has 0 bridgehead atoms. The smallest absolute Gasteiger partial charge is 0.410 e. The molecule has 0 N–H and O–H groups in total. The van der Waals surface area contributed by atoms with Gasteiger partial charge in [0.1, 0.15) is 11.4 Å². The Morgan fingerprint density at radius 1 is 1.50 bits per heavy atom. The van der Waals surface area contributed by atoms with Gasteiger partial charge in [-0.2, -0.15) is 0 Å². The molecule has 0 radical (unpaired) electrons. The van der Waals surface area contributed by atoms with Crippen molar-refractivity contribution in [1.29, 1.82) is 0 Å². The van der Waals surface area contributed by atoms with E-state index in [1.165, 1.54) is 0 Å². The van der Waals surface area contributed by atoms with Gasteiger partial charge in [-0.1, -0.05) is 6.92 Å². The molecule has 90 valence electrons. The molecule has 2 unspecified atom stereocenters. The van der Waals surface area contributed by atoms with E-state index in [2.05, 4.69) is 6.92 Å². The second kappa shape index (κ2) is 3.22. The number of carbonyl (C=O) groups is 2. The topological polar surface area (TPSA) is 46.6 Å². The number of ether oxygens (including phenoxy) is 1. The lowest BCUT2D eigenvalue weighted by Crippen LogP contribution is -2.45. The van der Waals surface area contributed by atoms with Gasteiger partial charge in [-0.25, -0.2) is 4.79 Å². The monoisotopic (exact) mass is 225 g/mol. The third kappa shape index (κ3) is 1.81. The number of hydrogen-bond donors (Lipinski definition) is 0. The van der Waals surface area contributed by atoms with E-state index < -0.39 is 5.60 Å². The highest BCUT2D eigenvalue weighted by Gasteiger charge is 2.57. The number of carbonyl (C=O) groups excluding carboxylic acids is 2. The molecule has 16 heavy (non-hydrogen) atoms. The minimum absolute atomic E-state index is 0.00792. The van der Waals surface area contributed by atoms with Gasteiger partial charge in [-0.15, -0.1) is 0 Å². The summed E-state index contributed by atoms with van der Waals surface area (Å²) in [6.45, 7) is 8.80. The summed E-state index contributed by atoms with van der Waals surface area (Å²) in [4.78, 5) is 24.9. The minimum Gasteiger partial charge on any atom is -0.444 e. The third-order valence-electron chi connectivity index (χ3n) is 3.41. The van der Waals surface area contributed by atoms with Crippen molar-refractivity contribution in [3.8, 4) is 0 Å². The maximum Gasteiger partial charge on any atom is 0.410 e. The summed E-state index contributed by atoms with van der Waals surface area (Å²) in [6.07, 6.45) is 0.313. The minimum atomic E-state index is -0.469. The number of rotatable bonds is 0. The average molecular weight is 225 g/mol. The van der Waals surface area contributed by atoms with Crippen molar-refractivity contribution in [3.63, 3.8) is 0 Å². The van der Waals surface area contributed by atoms with Crippen LogP contribution in [0.25, 0.3) is 0 Å². The van der Waals surface area contributed by atoms with Gasteiger partial charge in [0.2, 0.25) is 0 Å². The molecule has 1 aliphatic heterocycles. The highest BCUT2D eigenvalue weighted by molar-refractivity contribution is 5.90. The number of Topliss-reactive ketones (excluding diaryl/α,β-unsaturated/α-hetero) is 1. The highest BCUT2D eigenvalue weighted by atomic mass is 16.6. The first-order valence-corrected chi connectivity index (χ1v) is 5.72. The molecule has 2 aliphatic rings. The van der Waals surface area contributed by atoms with Crippen LogP contribution in [-0.4, -0.2) is 35.5 Å². The number of nitrogens with zero attached hydrogens (tertiary/aromatic N) is 1. The predicted octanol–water partition coefficient (Wildman–Crippen LogP) is 1.83. The van der Waals surface area contributed by atoms with Gasteiger partial charge < -0.3 is 9.64 Å². The molecule has 1 amide bonds. The first-order chi connectivity index (χ1) is 7.21. The summed E-state index contributed by atoms with van der Waals surface area (Å²) in [5.74, 6) is 0.327. The van der Waals surface area contributed by atoms with E-state index in [4.69, 9.17) is 4.74 Å². The molecule has 2 atom stereocenters. The highest BCUT2D eigenvalue weighted by Crippen LogP contribution is 2.49. The fourth-order valence-electron chi connectivity index (χ4n) is 2.58. The molecule has 1 aliphatic carbocycles.